The average molecular weight is 264 g/mol. The third kappa shape index (κ3) is 3.15. The molecule has 0 amide bonds. The highest BCUT2D eigenvalue weighted by molar-refractivity contribution is 4.97. The van der Waals surface area contributed by atoms with E-state index in [1.165, 1.54) is 32.4 Å². The second-order valence-corrected chi connectivity index (χ2v) is 5.80. The third-order valence-corrected chi connectivity index (χ3v) is 4.37. The molecule has 0 radical (unpaired) electrons. The highest BCUT2D eigenvalue weighted by Gasteiger charge is 2.24. The summed E-state index contributed by atoms with van der Waals surface area (Å²) in [7, 11) is 0. The first kappa shape index (κ1) is 13.1. The van der Waals surface area contributed by atoms with Crippen LogP contribution in [0, 0.1) is 5.92 Å². The minimum Gasteiger partial charge on any atom is -0.339 e. The van der Waals surface area contributed by atoms with Crippen molar-refractivity contribution in [2.45, 2.75) is 45.1 Å². The average Bonchev–Trinajstić information content (AvgIpc) is 3.09. The number of rotatable bonds is 4. The third-order valence-electron chi connectivity index (χ3n) is 4.37. The molecule has 19 heavy (non-hydrogen) atoms. The highest BCUT2D eigenvalue weighted by Crippen LogP contribution is 2.23. The van der Waals surface area contributed by atoms with Crippen LogP contribution in [-0.4, -0.2) is 41.2 Å². The molecule has 0 aromatic carbocycles. The zero-order valence-electron chi connectivity index (χ0n) is 11.8. The number of hydrogen-bond acceptors (Lipinski definition) is 5. The van der Waals surface area contributed by atoms with Gasteiger partial charge in [-0.15, -0.1) is 0 Å². The Morgan fingerprint density at radius 1 is 1.37 bits per heavy atom. The van der Waals surface area contributed by atoms with Crippen molar-refractivity contribution in [3.63, 3.8) is 0 Å². The molecular weight excluding hydrogens is 240 g/mol. The summed E-state index contributed by atoms with van der Waals surface area (Å²) in [5.74, 6) is 2.36. The molecule has 3 rings (SSSR count). The monoisotopic (exact) mass is 264 g/mol. The fourth-order valence-electron chi connectivity index (χ4n) is 3.25. The van der Waals surface area contributed by atoms with Gasteiger partial charge in [-0.3, -0.25) is 0 Å². The minimum absolute atomic E-state index is 0.316. The van der Waals surface area contributed by atoms with Gasteiger partial charge in [-0.25, -0.2) is 0 Å². The van der Waals surface area contributed by atoms with Crippen molar-refractivity contribution >= 4 is 0 Å². The Morgan fingerprint density at radius 2 is 2.32 bits per heavy atom. The molecule has 2 aliphatic rings. The Bertz CT molecular complexity index is 400. The number of hydrogen-bond donors (Lipinski definition) is 1. The van der Waals surface area contributed by atoms with E-state index in [1.54, 1.807) is 0 Å². The van der Waals surface area contributed by atoms with Gasteiger partial charge in [0.1, 0.15) is 0 Å². The van der Waals surface area contributed by atoms with E-state index in [-0.39, 0.29) is 0 Å². The van der Waals surface area contributed by atoms with Crippen molar-refractivity contribution < 1.29 is 4.52 Å². The molecule has 106 valence electrons. The maximum Gasteiger partial charge on any atom is 0.227 e. The molecule has 2 aliphatic heterocycles. The van der Waals surface area contributed by atoms with E-state index in [2.05, 4.69) is 27.3 Å². The van der Waals surface area contributed by atoms with Crippen molar-refractivity contribution in [3.8, 4) is 0 Å². The second kappa shape index (κ2) is 6.01. The lowest BCUT2D eigenvalue weighted by Crippen LogP contribution is -2.35. The molecule has 3 heterocycles. The normalized spacial score (nSPS) is 28.9. The van der Waals surface area contributed by atoms with E-state index in [1.807, 2.05) is 0 Å². The van der Waals surface area contributed by atoms with Crippen molar-refractivity contribution in [1.82, 2.24) is 20.4 Å². The van der Waals surface area contributed by atoms with Crippen molar-refractivity contribution in [2.24, 2.45) is 5.92 Å². The van der Waals surface area contributed by atoms with Crippen LogP contribution in [0.3, 0.4) is 0 Å². The Labute approximate surface area is 114 Å². The number of nitrogens with zero attached hydrogens (tertiary/aromatic N) is 3. The fraction of sp³-hybridized carbons (Fsp3) is 0.857. The van der Waals surface area contributed by atoms with Crippen molar-refractivity contribution in [3.05, 3.63) is 11.7 Å². The lowest BCUT2D eigenvalue weighted by molar-refractivity contribution is 0.174. The van der Waals surface area contributed by atoms with Gasteiger partial charge >= 0.3 is 0 Å². The summed E-state index contributed by atoms with van der Waals surface area (Å²) in [5, 5.41) is 7.55. The molecule has 0 saturated carbocycles. The van der Waals surface area contributed by atoms with Crippen LogP contribution in [0.1, 0.15) is 50.4 Å². The molecule has 1 aromatic heterocycles. The first-order chi connectivity index (χ1) is 9.35. The minimum atomic E-state index is 0.316. The van der Waals surface area contributed by atoms with Crippen LogP contribution in [0.15, 0.2) is 4.52 Å². The van der Waals surface area contributed by atoms with Gasteiger partial charge in [0.05, 0.1) is 6.04 Å². The van der Waals surface area contributed by atoms with Gasteiger partial charge < -0.3 is 14.7 Å². The van der Waals surface area contributed by atoms with Gasteiger partial charge in [0.25, 0.3) is 0 Å². The first-order valence-electron chi connectivity index (χ1n) is 7.63. The molecule has 0 spiro atoms. The molecular formula is C14H24N4O. The van der Waals surface area contributed by atoms with Gasteiger partial charge in [-0.2, -0.15) is 4.98 Å². The van der Waals surface area contributed by atoms with Gasteiger partial charge in [-0.1, -0.05) is 12.1 Å². The Morgan fingerprint density at radius 3 is 3.11 bits per heavy atom. The van der Waals surface area contributed by atoms with Gasteiger partial charge in [0.2, 0.25) is 5.89 Å². The maximum atomic E-state index is 5.43. The number of nitrogens with one attached hydrogen (secondary N) is 1. The van der Waals surface area contributed by atoms with Crippen LogP contribution in [0.4, 0.5) is 0 Å². The van der Waals surface area contributed by atoms with Gasteiger partial charge in [0, 0.05) is 13.0 Å². The zero-order valence-corrected chi connectivity index (χ0v) is 11.8. The van der Waals surface area contributed by atoms with Gasteiger partial charge in [0.15, 0.2) is 5.82 Å². The largest absolute Gasteiger partial charge is 0.339 e. The van der Waals surface area contributed by atoms with Crippen molar-refractivity contribution in [1.29, 1.82) is 0 Å². The predicted octanol–water partition coefficient (Wildman–Crippen LogP) is 1.77. The SMILES string of the molecule is CCN1CCCC(Cc2nc(C3CCCN3)no2)C1. The van der Waals surface area contributed by atoms with E-state index < -0.39 is 0 Å². The van der Waals surface area contributed by atoms with Crippen LogP contribution in [0.25, 0.3) is 0 Å². The summed E-state index contributed by atoms with van der Waals surface area (Å²) >= 11 is 0. The molecule has 1 N–H and O–H groups in total. The van der Waals surface area contributed by atoms with Gasteiger partial charge in [-0.05, 0) is 51.2 Å². The standard InChI is InChI=1S/C14H24N4O/c1-2-18-8-4-5-11(10-18)9-13-16-14(17-19-13)12-6-3-7-15-12/h11-12,15H,2-10H2,1H3. The number of aromatic nitrogens is 2. The Kier molecular flexibility index (Phi) is 4.13. The summed E-state index contributed by atoms with van der Waals surface area (Å²) in [5.41, 5.74) is 0. The van der Waals surface area contributed by atoms with E-state index in [0.29, 0.717) is 12.0 Å². The van der Waals surface area contributed by atoms with Crippen LogP contribution in [0.5, 0.6) is 0 Å². The predicted molar refractivity (Wildman–Crippen MR) is 72.8 cm³/mol. The van der Waals surface area contributed by atoms with Crippen LogP contribution in [-0.2, 0) is 6.42 Å². The summed E-state index contributed by atoms with van der Waals surface area (Å²) in [6, 6.07) is 0.316. The fourth-order valence-corrected chi connectivity index (χ4v) is 3.25. The highest BCUT2D eigenvalue weighted by atomic mass is 16.5. The molecule has 2 atom stereocenters. The molecule has 0 bridgehead atoms. The Hall–Kier alpha value is -0.940. The first-order valence-corrected chi connectivity index (χ1v) is 7.63. The molecule has 2 saturated heterocycles. The lowest BCUT2D eigenvalue weighted by Gasteiger charge is -2.31. The van der Waals surface area contributed by atoms with E-state index in [4.69, 9.17) is 4.52 Å². The molecule has 0 aliphatic carbocycles. The van der Waals surface area contributed by atoms with E-state index >= 15 is 0 Å². The molecule has 1 aromatic rings. The quantitative estimate of drug-likeness (QED) is 0.898. The smallest absolute Gasteiger partial charge is 0.227 e. The number of likely N-dealkylation sites (tertiary alicyclic amines) is 1. The van der Waals surface area contributed by atoms with Crippen molar-refractivity contribution in [2.75, 3.05) is 26.2 Å². The van der Waals surface area contributed by atoms with Crippen LogP contribution >= 0.6 is 0 Å². The Balaban J connectivity index is 1.57. The van der Waals surface area contributed by atoms with Crippen LogP contribution < -0.4 is 5.32 Å². The molecule has 5 nitrogen and oxygen atoms in total. The zero-order chi connectivity index (χ0) is 13.1. The van der Waals surface area contributed by atoms with E-state index in [0.717, 1.165) is 37.6 Å². The summed E-state index contributed by atoms with van der Waals surface area (Å²) in [6.07, 6.45) is 5.87. The van der Waals surface area contributed by atoms with Crippen LogP contribution in [0.2, 0.25) is 0 Å². The summed E-state index contributed by atoms with van der Waals surface area (Å²) in [4.78, 5) is 7.10. The molecule has 2 fully saturated rings. The van der Waals surface area contributed by atoms with E-state index in [9.17, 15) is 0 Å². The number of piperidine rings is 1. The second-order valence-electron chi connectivity index (χ2n) is 5.80. The molecule has 5 heteroatoms. The maximum absolute atomic E-state index is 5.43. The lowest BCUT2D eigenvalue weighted by atomic mass is 9.95. The summed E-state index contributed by atoms with van der Waals surface area (Å²) < 4.78 is 5.43. The topological polar surface area (TPSA) is 54.2 Å². The molecule has 2 unspecified atom stereocenters. The summed E-state index contributed by atoms with van der Waals surface area (Å²) in [6.45, 7) is 6.88.